The molecule has 2 fully saturated rings. The molecule has 0 aliphatic carbocycles. The van der Waals surface area contributed by atoms with Crippen LogP contribution < -0.4 is 10.6 Å². The van der Waals surface area contributed by atoms with Gasteiger partial charge in [-0.3, -0.25) is 30.2 Å². The topological polar surface area (TPSA) is 156 Å². The maximum atomic E-state index is 12.7. The van der Waals surface area contributed by atoms with Gasteiger partial charge in [0.15, 0.2) is 0 Å². The molecule has 0 spiro atoms. The van der Waals surface area contributed by atoms with Crippen molar-refractivity contribution in [2.75, 3.05) is 0 Å². The summed E-state index contributed by atoms with van der Waals surface area (Å²) < 4.78 is 0. The van der Waals surface area contributed by atoms with E-state index in [1.165, 1.54) is 12.2 Å². The van der Waals surface area contributed by atoms with Gasteiger partial charge in [-0.2, -0.15) is 10.0 Å². The van der Waals surface area contributed by atoms with Crippen molar-refractivity contribution in [1.29, 1.82) is 0 Å². The van der Waals surface area contributed by atoms with Crippen molar-refractivity contribution in [3.8, 4) is 0 Å². The second-order valence-electron chi connectivity index (χ2n) is 7.53. The summed E-state index contributed by atoms with van der Waals surface area (Å²) in [6.45, 7) is 0. The van der Waals surface area contributed by atoms with E-state index in [9.17, 15) is 19.2 Å². The van der Waals surface area contributed by atoms with E-state index >= 15 is 0 Å². The zero-order valence-corrected chi connectivity index (χ0v) is 17.2. The summed E-state index contributed by atoms with van der Waals surface area (Å²) in [5.41, 5.74) is 2.41. The fourth-order valence-corrected chi connectivity index (χ4v) is 4.01. The zero-order valence-electron chi connectivity index (χ0n) is 17.2. The molecule has 0 saturated carbocycles. The van der Waals surface area contributed by atoms with E-state index in [1.54, 1.807) is 49.3 Å². The second kappa shape index (κ2) is 7.13. The van der Waals surface area contributed by atoms with Gasteiger partial charge in [0, 0.05) is 46.7 Å². The van der Waals surface area contributed by atoms with Gasteiger partial charge in [0.25, 0.3) is 11.8 Å². The number of amides is 6. The van der Waals surface area contributed by atoms with Crippen LogP contribution in [0.2, 0.25) is 0 Å². The number of nitrogens with one attached hydrogen (secondary N) is 4. The monoisotopic (exact) mass is 454 g/mol. The Balaban J connectivity index is 1.47. The minimum Gasteiger partial charge on any atom is -0.359 e. The molecule has 4 aromatic rings. The number of rotatable bonds is 3. The molecular formula is C22H14N8O4. The molecule has 4 aromatic heterocycles. The molecule has 6 amide bonds. The molecule has 6 rings (SSSR count). The maximum Gasteiger partial charge on any atom is 0.348 e. The number of hydrogen-bond donors (Lipinski definition) is 4. The summed E-state index contributed by atoms with van der Waals surface area (Å²) in [4.78, 5) is 65.0. The van der Waals surface area contributed by atoms with Crippen LogP contribution in [0.25, 0.3) is 34.0 Å². The van der Waals surface area contributed by atoms with E-state index in [4.69, 9.17) is 0 Å². The Morgan fingerprint density at radius 2 is 1.12 bits per heavy atom. The summed E-state index contributed by atoms with van der Waals surface area (Å²) >= 11 is 0. The van der Waals surface area contributed by atoms with Gasteiger partial charge in [-0.15, -0.1) is 0 Å². The van der Waals surface area contributed by atoms with Crippen molar-refractivity contribution in [1.82, 2.24) is 40.6 Å². The normalized spacial score (nSPS) is 18.7. The first-order chi connectivity index (χ1) is 16.5. The average Bonchev–Trinajstić information content (AvgIpc) is 3.56. The quantitative estimate of drug-likeness (QED) is 0.273. The van der Waals surface area contributed by atoms with Crippen LogP contribution in [-0.2, 0) is 9.59 Å². The summed E-state index contributed by atoms with van der Waals surface area (Å²) in [5, 5.41) is 7.59. The van der Waals surface area contributed by atoms with Gasteiger partial charge in [-0.1, -0.05) is 0 Å². The van der Waals surface area contributed by atoms with E-state index in [1.807, 2.05) is 0 Å². The number of carbonyl (C=O) groups is 4. The lowest BCUT2D eigenvalue weighted by Gasteiger charge is -2.25. The number of H-pyrrole nitrogens is 2. The van der Waals surface area contributed by atoms with E-state index in [-0.39, 0.29) is 11.4 Å². The molecule has 34 heavy (non-hydrogen) atoms. The molecule has 4 N–H and O–H groups in total. The van der Waals surface area contributed by atoms with Gasteiger partial charge < -0.3 is 9.97 Å². The van der Waals surface area contributed by atoms with Crippen LogP contribution in [0.4, 0.5) is 9.59 Å². The Labute approximate surface area is 189 Å². The number of hydrogen-bond acceptors (Lipinski definition) is 6. The summed E-state index contributed by atoms with van der Waals surface area (Å²) in [6, 6.07) is 1.77. The maximum absolute atomic E-state index is 12.7. The van der Waals surface area contributed by atoms with Gasteiger partial charge in [0.1, 0.15) is 11.4 Å². The number of pyridine rings is 2. The van der Waals surface area contributed by atoms with Crippen molar-refractivity contribution in [3.05, 3.63) is 71.8 Å². The molecule has 0 atom stereocenters. The highest BCUT2D eigenvalue weighted by Gasteiger charge is 2.46. The molecule has 0 radical (unpaired) electrons. The van der Waals surface area contributed by atoms with Crippen molar-refractivity contribution in [2.24, 2.45) is 0 Å². The van der Waals surface area contributed by atoms with Gasteiger partial charge in [-0.05, 0) is 24.3 Å². The number of aromatic amines is 2. The molecule has 2 aliphatic rings. The number of aromatic nitrogens is 4. The Hall–Kier alpha value is -5.26. The summed E-state index contributed by atoms with van der Waals surface area (Å²) in [6.07, 6.45) is 12.7. The third-order valence-corrected chi connectivity index (χ3v) is 5.56. The minimum absolute atomic E-state index is 0.124. The fourth-order valence-electron chi connectivity index (χ4n) is 4.01. The lowest BCUT2D eigenvalue weighted by atomic mass is 10.1. The van der Waals surface area contributed by atoms with Crippen molar-refractivity contribution < 1.29 is 19.2 Å². The van der Waals surface area contributed by atoms with Crippen LogP contribution in [0.5, 0.6) is 0 Å². The number of hydrazine groups is 1. The molecule has 166 valence electrons. The lowest BCUT2D eigenvalue weighted by Crippen LogP contribution is -2.44. The number of fused-ring (bicyclic) bond motifs is 2. The number of imide groups is 2. The number of carbonyl (C=O) groups excluding carboxylic acids is 4. The largest absolute Gasteiger partial charge is 0.359 e. The SMILES string of the molecule is O=C1NC(=O)N(N2C(=O)NC(=O)/C2=C/c2c[nH]c3cnccc23)/C1=C\c1c[nH]c2cnccc12. The van der Waals surface area contributed by atoms with Crippen molar-refractivity contribution >= 4 is 57.8 Å². The lowest BCUT2D eigenvalue weighted by molar-refractivity contribution is -0.117. The third kappa shape index (κ3) is 2.86. The Bertz CT molecular complexity index is 1490. The molecule has 2 aliphatic heterocycles. The van der Waals surface area contributed by atoms with Gasteiger partial charge in [0.05, 0.1) is 23.4 Å². The number of urea groups is 2. The zero-order chi connectivity index (χ0) is 23.4. The molecule has 12 heteroatoms. The van der Waals surface area contributed by atoms with Gasteiger partial charge in [0.2, 0.25) is 0 Å². The first-order valence-electron chi connectivity index (χ1n) is 10.1. The van der Waals surface area contributed by atoms with E-state index in [2.05, 4.69) is 30.6 Å². The van der Waals surface area contributed by atoms with Gasteiger partial charge in [-0.25, -0.2) is 9.59 Å². The average molecular weight is 454 g/mol. The molecule has 6 heterocycles. The minimum atomic E-state index is -0.864. The predicted molar refractivity (Wildman–Crippen MR) is 119 cm³/mol. The van der Waals surface area contributed by atoms with Crippen LogP contribution in [0.15, 0.2) is 60.7 Å². The molecule has 0 unspecified atom stereocenters. The highest BCUT2D eigenvalue weighted by Crippen LogP contribution is 2.29. The molecule has 0 aromatic carbocycles. The number of nitrogens with zero attached hydrogens (tertiary/aromatic N) is 4. The van der Waals surface area contributed by atoms with E-state index < -0.39 is 23.9 Å². The van der Waals surface area contributed by atoms with Crippen molar-refractivity contribution in [2.45, 2.75) is 0 Å². The van der Waals surface area contributed by atoms with Crippen LogP contribution in [-0.4, -0.2) is 53.8 Å². The van der Waals surface area contributed by atoms with Gasteiger partial charge >= 0.3 is 12.1 Å². The predicted octanol–water partition coefficient (Wildman–Crippen LogP) is 1.84. The third-order valence-electron chi connectivity index (χ3n) is 5.56. The van der Waals surface area contributed by atoms with Crippen LogP contribution in [0.3, 0.4) is 0 Å². The Morgan fingerprint density at radius 1 is 0.676 bits per heavy atom. The Kier molecular flexibility index (Phi) is 4.07. The molecular weight excluding hydrogens is 440 g/mol. The highest BCUT2D eigenvalue weighted by atomic mass is 16.2. The second-order valence-corrected chi connectivity index (χ2v) is 7.53. The summed E-state index contributed by atoms with van der Waals surface area (Å²) in [5.74, 6) is -1.42. The highest BCUT2D eigenvalue weighted by molar-refractivity contribution is 6.19. The van der Waals surface area contributed by atoms with Crippen LogP contribution >= 0.6 is 0 Å². The summed E-state index contributed by atoms with van der Waals surface area (Å²) in [7, 11) is 0. The van der Waals surface area contributed by atoms with E-state index in [0.717, 1.165) is 31.8 Å². The van der Waals surface area contributed by atoms with E-state index in [0.29, 0.717) is 11.1 Å². The first-order valence-corrected chi connectivity index (χ1v) is 10.1. The molecule has 0 bridgehead atoms. The standard InChI is InChI=1S/C22H14N8O4/c31-19-17(5-11-7-25-15-9-23-3-1-13(11)15)29(21(33)27-19)30-18(20(32)28-22(30)34)6-12-8-26-16-10-24-4-2-14(12)16/h1-10,25-26H,(H,27,31,33)(H,28,32,34)/b17-5-,18-6-. The van der Waals surface area contributed by atoms with Crippen LogP contribution in [0.1, 0.15) is 11.1 Å². The van der Waals surface area contributed by atoms with Crippen LogP contribution in [0, 0.1) is 0 Å². The molecule has 12 nitrogen and oxygen atoms in total. The molecule has 2 saturated heterocycles. The van der Waals surface area contributed by atoms with Crippen molar-refractivity contribution in [3.63, 3.8) is 0 Å². The fraction of sp³-hybridized carbons (Fsp3) is 0. The first kappa shape index (κ1) is 19.4. The Morgan fingerprint density at radius 3 is 1.56 bits per heavy atom. The smallest absolute Gasteiger partial charge is 0.348 e.